The predicted molar refractivity (Wildman–Crippen MR) is 87.1 cm³/mol. The molecule has 0 bridgehead atoms. The van der Waals surface area contributed by atoms with E-state index < -0.39 is 11.5 Å². The summed E-state index contributed by atoms with van der Waals surface area (Å²) in [6, 6.07) is 12.2. The van der Waals surface area contributed by atoms with Gasteiger partial charge in [0.05, 0.1) is 16.1 Å². The third-order valence-corrected chi connectivity index (χ3v) is 4.53. The standard InChI is InChI=1S/C17H13ClN2O3/c18-13-9-10(19-16(22)23-11-4-2-1-3-5-11)8-12-14(13)20-15(21)17(12)6-7-17/h1-5,8-9H,6-7H2,(H,19,22)(H,20,21). The van der Waals surface area contributed by atoms with E-state index in [9.17, 15) is 9.59 Å². The van der Waals surface area contributed by atoms with Crippen molar-refractivity contribution in [1.82, 2.24) is 0 Å². The van der Waals surface area contributed by atoms with E-state index in [1.165, 1.54) is 0 Å². The Labute approximate surface area is 137 Å². The first-order valence-electron chi connectivity index (χ1n) is 7.28. The van der Waals surface area contributed by atoms with Crippen LogP contribution >= 0.6 is 11.6 Å². The highest BCUT2D eigenvalue weighted by Crippen LogP contribution is 2.57. The highest BCUT2D eigenvalue weighted by atomic mass is 35.5. The number of nitrogens with one attached hydrogen (secondary N) is 2. The summed E-state index contributed by atoms with van der Waals surface area (Å²) in [5, 5.41) is 5.89. The molecule has 0 aromatic heterocycles. The summed E-state index contributed by atoms with van der Waals surface area (Å²) >= 11 is 6.23. The molecule has 6 heteroatoms. The largest absolute Gasteiger partial charge is 0.417 e. The number of benzene rings is 2. The molecule has 116 valence electrons. The Kier molecular flexibility index (Phi) is 3.06. The molecule has 2 amide bonds. The highest BCUT2D eigenvalue weighted by molar-refractivity contribution is 6.35. The van der Waals surface area contributed by atoms with Gasteiger partial charge in [0, 0.05) is 5.69 Å². The molecule has 0 saturated heterocycles. The van der Waals surface area contributed by atoms with Crippen LogP contribution in [0.4, 0.5) is 16.2 Å². The van der Waals surface area contributed by atoms with Crippen LogP contribution in [0.1, 0.15) is 18.4 Å². The Hall–Kier alpha value is -2.53. The zero-order chi connectivity index (χ0) is 16.0. The van der Waals surface area contributed by atoms with Crippen LogP contribution in [0, 0.1) is 0 Å². The zero-order valence-corrected chi connectivity index (χ0v) is 12.8. The van der Waals surface area contributed by atoms with Crippen LogP contribution in [0.5, 0.6) is 5.75 Å². The lowest BCUT2D eigenvalue weighted by molar-refractivity contribution is -0.117. The van der Waals surface area contributed by atoms with E-state index in [1.807, 2.05) is 6.07 Å². The van der Waals surface area contributed by atoms with Crippen LogP contribution in [0.15, 0.2) is 42.5 Å². The maximum absolute atomic E-state index is 12.1. The first-order chi connectivity index (χ1) is 11.1. The molecule has 1 spiro atoms. The maximum atomic E-state index is 12.1. The summed E-state index contributed by atoms with van der Waals surface area (Å²) in [6.45, 7) is 0. The summed E-state index contributed by atoms with van der Waals surface area (Å²) in [5.41, 5.74) is 1.55. The van der Waals surface area contributed by atoms with Crippen molar-refractivity contribution < 1.29 is 14.3 Å². The number of ether oxygens (including phenoxy) is 1. The van der Waals surface area contributed by atoms with Gasteiger partial charge in [-0.3, -0.25) is 10.1 Å². The number of hydrogen-bond donors (Lipinski definition) is 2. The first kappa shape index (κ1) is 14.1. The van der Waals surface area contributed by atoms with Gasteiger partial charge in [-0.2, -0.15) is 0 Å². The van der Waals surface area contributed by atoms with Crippen molar-refractivity contribution in [1.29, 1.82) is 0 Å². The molecule has 0 atom stereocenters. The molecule has 5 nitrogen and oxygen atoms in total. The van der Waals surface area contributed by atoms with E-state index in [2.05, 4.69) is 10.6 Å². The second-order valence-electron chi connectivity index (χ2n) is 5.74. The second-order valence-corrected chi connectivity index (χ2v) is 6.15. The van der Waals surface area contributed by atoms with E-state index in [0.29, 0.717) is 22.1 Å². The molecule has 2 N–H and O–H groups in total. The Morgan fingerprint density at radius 2 is 1.96 bits per heavy atom. The van der Waals surface area contributed by atoms with Crippen molar-refractivity contribution in [2.75, 3.05) is 10.6 Å². The fraction of sp³-hybridized carbons (Fsp3) is 0.176. The SMILES string of the molecule is O=C(Nc1cc(Cl)c2c(c1)C1(CC1)C(=O)N2)Oc1ccccc1. The molecule has 2 aromatic rings. The third-order valence-electron chi connectivity index (χ3n) is 4.23. The number of rotatable bonds is 2. The lowest BCUT2D eigenvalue weighted by Gasteiger charge is -2.11. The molecule has 0 radical (unpaired) electrons. The number of amides is 2. The number of fused-ring (bicyclic) bond motifs is 2. The number of carbonyl (C=O) groups is 2. The van der Waals surface area contributed by atoms with Crippen LogP contribution in [0.3, 0.4) is 0 Å². The lowest BCUT2D eigenvalue weighted by Crippen LogP contribution is -2.19. The van der Waals surface area contributed by atoms with Crippen molar-refractivity contribution in [2.24, 2.45) is 0 Å². The van der Waals surface area contributed by atoms with Gasteiger partial charge in [-0.15, -0.1) is 0 Å². The number of para-hydroxylation sites is 1. The molecule has 4 rings (SSSR count). The summed E-state index contributed by atoms with van der Waals surface area (Å²) in [7, 11) is 0. The van der Waals surface area contributed by atoms with Gasteiger partial charge in [-0.25, -0.2) is 4.79 Å². The van der Waals surface area contributed by atoms with Gasteiger partial charge in [0.1, 0.15) is 5.75 Å². The van der Waals surface area contributed by atoms with Crippen molar-refractivity contribution in [2.45, 2.75) is 18.3 Å². The smallest absolute Gasteiger partial charge is 0.410 e. The molecule has 23 heavy (non-hydrogen) atoms. The quantitative estimate of drug-likeness (QED) is 0.877. The molecule has 1 heterocycles. The molecule has 2 aromatic carbocycles. The molecule has 2 aliphatic rings. The van der Waals surface area contributed by atoms with E-state index in [0.717, 1.165) is 18.4 Å². The third kappa shape index (κ3) is 2.33. The maximum Gasteiger partial charge on any atom is 0.417 e. The van der Waals surface area contributed by atoms with Crippen molar-refractivity contribution in [3.8, 4) is 5.75 Å². The Morgan fingerprint density at radius 1 is 1.22 bits per heavy atom. The van der Waals surface area contributed by atoms with E-state index in [1.54, 1.807) is 36.4 Å². The minimum Gasteiger partial charge on any atom is -0.410 e. The molecule has 0 unspecified atom stereocenters. The number of anilines is 2. The molecular weight excluding hydrogens is 316 g/mol. The topological polar surface area (TPSA) is 67.4 Å². The molecule has 1 aliphatic heterocycles. The highest BCUT2D eigenvalue weighted by Gasteiger charge is 2.56. The Morgan fingerprint density at radius 3 is 2.65 bits per heavy atom. The number of hydrogen-bond acceptors (Lipinski definition) is 3. The normalized spacial score (nSPS) is 16.7. The lowest BCUT2D eigenvalue weighted by atomic mass is 9.97. The van der Waals surface area contributed by atoms with Gasteiger partial charge in [0.2, 0.25) is 5.91 Å². The summed E-state index contributed by atoms with van der Waals surface area (Å²) < 4.78 is 5.19. The average Bonchev–Trinajstić information content (AvgIpc) is 3.27. The summed E-state index contributed by atoms with van der Waals surface area (Å²) in [6.07, 6.45) is 1.01. The van der Waals surface area contributed by atoms with E-state index in [-0.39, 0.29) is 5.91 Å². The summed E-state index contributed by atoms with van der Waals surface area (Å²) in [4.78, 5) is 24.0. The van der Waals surface area contributed by atoms with Gasteiger partial charge >= 0.3 is 6.09 Å². The van der Waals surface area contributed by atoms with E-state index >= 15 is 0 Å². The fourth-order valence-electron chi connectivity index (χ4n) is 2.90. The first-order valence-corrected chi connectivity index (χ1v) is 7.66. The predicted octanol–water partition coefficient (Wildman–Crippen LogP) is 3.93. The molecule has 1 fully saturated rings. The molecular formula is C17H13ClN2O3. The monoisotopic (exact) mass is 328 g/mol. The molecule has 1 saturated carbocycles. The van der Waals surface area contributed by atoms with Gasteiger partial charge < -0.3 is 10.1 Å². The Bertz CT molecular complexity index is 816. The fourth-order valence-corrected chi connectivity index (χ4v) is 3.17. The number of carbonyl (C=O) groups excluding carboxylic acids is 2. The van der Waals surface area contributed by atoms with E-state index in [4.69, 9.17) is 16.3 Å². The minimum atomic E-state index is -0.602. The van der Waals surface area contributed by atoms with Crippen LogP contribution in [-0.2, 0) is 10.2 Å². The van der Waals surface area contributed by atoms with Gasteiger partial charge in [0.15, 0.2) is 0 Å². The van der Waals surface area contributed by atoms with Gasteiger partial charge in [-0.1, -0.05) is 29.8 Å². The van der Waals surface area contributed by atoms with Crippen LogP contribution in [0.2, 0.25) is 5.02 Å². The average molecular weight is 329 g/mol. The zero-order valence-electron chi connectivity index (χ0n) is 12.1. The van der Waals surface area contributed by atoms with Crippen LogP contribution in [-0.4, -0.2) is 12.0 Å². The van der Waals surface area contributed by atoms with Crippen molar-refractivity contribution in [3.63, 3.8) is 0 Å². The second kappa shape index (κ2) is 4.99. The van der Waals surface area contributed by atoms with Crippen LogP contribution < -0.4 is 15.4 Å². The molecule has 1 aliphatic carbocycles. The van der Waals surface area contributed by atoms with Crippen molar-refractivity contribution >= 4 is 35.0 Å². The minimum absolute atomic E-state index is 0.0154. The number of halogens is 1. The Balaban J connectivity index is 1.57. The van der Waals surface area contributed by atoms with Crippen molar-refractivity contribution in [3.05, 3.63) is 53.1 Å². The van der Waals surface area contributed by atoms with Gasteiger partial charge in [-0.05, 0) is 42.7 Å². The van der Waals surface area contributed by atoms with Gasteiger partial charge in [0.25, 0.3) is 0 Å². The van der Waals surface area contributed by atoms with Crippen LogP contribution in [0.25, 0.3) is 0 Å². The summed E-state index contributed by atoms with van der Waals surface area (Å²) in [5.74, 6) is 0.436.